The molecule has 3 aromatic rings. The highest BCUT2D eigenvalue weighted by Gasteiger charge is 2.28. The number of methoxy groups -OCH3 is 1. The molecular weight excluding hydrogens is 473 g/mol. The summed E-state index contributed by atoms with van der Waals surface area (Å²) in [4.78, 5) is 30.7. The fourth-order valence-corrected chi connectivity index (χ4v) is 5.22. The van der Waals surface area contributed by atoms with Crippen LogP contribution in [0.15, 0.2) is 30.6 Å². The molecule has 196 valence electrons. The Labute approximate surface area is 216 Å². The number of nitrogens with zero attached hydrogens (tertiary/aromatic N) is 7. The first kappa shape index (κ1) is 25.1. The first-order valence-corrected chi connectivity index (χ1v) is 13.0. The van der Waals surface area contributed by atoms with E-state index in [9.17, 15) is 9.18 Å². The van der Waals surface area contributed by atoms with Gasteiger partial charge in [0.1, 0.15) is 30.3 Å². The number of carbonyl (C=O) groups excluding carboxylic acids is 1. The lowest BCUT2D eigenvalue weighted by molar-refractivity contribution is -0.132. The molecule has 1 amide bonds. The van der Waals surface area contributed by atoms with Crippen molar-refractivity contribution in [2.75, 3.05) is 38.2 Å². The monoisotopic (exact) mass is 507 g/mol. The summed E-state index contributed by atoms with van der Waals surface area (Å²) < 4.78 is 20.9. The highest BCUT2D eigenvalue weighted by molar-refractivity contribution is 5.76. The van der Waals surface area contributed by atoms with E-state index in [2.05, 4.69) is 21.8 Å². The molecule has 1 saturated carbocycles. The molecule has 0 bridgehead atoms. The van der Waals surface area contributed by atoms with Crippen LogP contribution >= 0.6 is 0 Å². The van der Waals surface area contributed by atoms with E-state index < -0.39 is 0 Å². The van der Waals surface area contributed by atoms with Crippen molar-refractivity contribution in [3.05, 3.63) is 47.8 Å². The Balaban J connectivity index is 1.31. The number of anilines is 1. The van der Waals surface area contributed by atoms with Gasteiger partial charge >= 0.3 is 0 Å². The molecule has 1 aliphatic carbocycles. The van der Waals surface area contributed by atoms with Crippen LogP contribution < -0.4 is 9.64 Å². The molecular formula is C27H34FN7O2. The molecule has 0 spiro atoms. The molecule has 0 unspecified atom stereocenters. The van der Waals surface area contributed by atoms with Crippen molar-refractivity contribution in [2.24, 2.45) is 5.92 Å². The second-order valence-electron chi connectivity index (χ2n) is 10.2. The molecule has 1 aliphatic heterocycles. The van der Waals surface area contributed by atoms with Gasteiger partial charge in [0.05, 0.1) is 7.11 Å². The zero-order valence-electron chi connectivity index (χ0n) is 21.7. The minimum absolute atomic E-state index is 0.0251. The van der Waals surface area contributed by atoms with Gasteiger partial charge in [-0.15, -0.1) is 0 Å². The molecule has 3 heterocycles. The summed E-state index contributed by atoms with van der Waals surface area (Å²) in [7, 11) is 1.58. The van der Waals surface area contributed by atoms with E-state index in [1.807, 2.05) is 11.0 Å². The third kappa shape index (κ3) is 5.57. The average Bonchev–Trinajstić information content (AvgIpc) is 3.34. The van der Waals surface area contributed by atoms with Gasteiger partial charge in [-0.1, -0.05) is 19.8 Å². The van der Waals surface area contributed by atoms with Gasteiger partial charge in [0.15, 0.2) is 5.82 Å². The van der Waals surface area contributed by atoms with Crippen LogP contribution in [0.1, 0.15) is 49.9 Å². The van der Waals surface area contributed by atoms with Crippen LogP contribution in [0, 0.1) is 18.7 Å². The summed E-state index contributed by atoms with van der Waals surface area (Å²) in [5, 5.41) is 4.76. The van der Waals surface area contributed by atoms with Gasteiger partial charge in [-0.05, 0) is 49.4 Å². The van der Waals surface area contributed by atoms with Crippen molar-refractivity contribution >= 4 is 11.7 Å². The Kier molecular flexibility index (Phi) is 7.34. The third-order valence-corrected chi connectivity index (χ3v) is 7.58. The molecule has 0 radical (unpaired) electrons. The Hall–Kier alpha value is -3.56. The molecule has 5 rings (SSSR count). The molecule has 1 aromatic carbocycles. The minimum Gasteiger partial charge on any atom is -0.481 e. The Morgan fingerprint density at radius 2 is 1.84 bits per heavy atom. The second-order valence-corrected chi connectivity index (χ2v) is 10.2. The van der Waals surface area contributed by atoms with Crippen LogP contribution in [0.2, 0.25) is 0 Å². The van der Waals surface area contributed by atoms with Crippen molar-refractivity contribution in [1.82, 2.24) is 29.6 Å². The highest BCUT2D eigenvalue weighted by atomic mass is 19.1. The van der Waals surface area contributed by atoms with Crippen molar-refractivity contribution in [2.45, 2.75) is 52.0 Å². The van der Waals surface area contributed by atoms with Gasteiger partial charge in [-0.2, -0.15) is 5.10 Å². The first-order valence-electron chi connectivity index (χ1n) is 13.0. The van der Waals surface area contributed by atoms with Gasteiger partial charge in [-0.3, -0.25) is 4.79 Å². The predicted octanol–water partition coefficient (Wildman–Crippen LogP) is 3.83. The van der Waals surface area contributed by atoms with E-state index in [1.165, 1.54) is 12.4 Å². The number of ether oxygens (including phenoxy) is 1. The van der Waals surface area contributed by atoms with Gasteiger partial charge in [0, 0.05) is 43.7 Å². The number of hydrogen-bond acceptors (Lipinski definition) is 7. The summed E-state index contributed by atoms with van der Waals surface area (Å²) in [6, 6.07) is 6.73. The maximum atomic E-state index is 13.9. The van der Waals surface area contributed by atoms with Crippen LogP contribution in [-0.2, 0) is 11.3 Å². The lowest BCUT2D eigenvalue weighted by Gasteiger charge is -2.35. The standard InChI is InChI=1S/C27H34FN7O2/c1-18-4-6-20(7-5-18)27-31-26(21-8-9-22(28)19(2)14-21)32-35(27)16-25(36)34-12-10-33(11-13-34)23-15-24(37-3)30-17-29-23/h8-9,14-15,17-18,20H,4-7,10-13,16H2,1-3H3. The summed E-state index contributed by atoms with van der Waals surface area (Å²) >= 11 is 0. The second kappa shape index (κ2) is 10.8. The fraction of sp³-hybridized carbons (Fsp3) is 0.519. The third-order valence-electron chi connectivity index (χ3n) is 7.58. The first-order chi connectivity index (χ1) is 17.9. The lowest BCUT2D eigenvalue weighted by atomic mass is 9.82. The van der Waals surface area contributed by atoms with Gasteiger partial charge in [-0.25, -0.2) is 24.0 Å². The number of piperazine rings is 1. The number of amides is 1. The van der Waals surface area contributed by atoms with Gasteiger partial charge in [0.2, 0.25) is 11.8 Å². The molecule has 2 aromatic heterocycles. The average molecular weight is 508 g/mol. The molecule has 2 fully saturated rings. The zero-order chi connectivity index (χ0) is 25.9. The largest absolute Gasteiger partial charge is 0.481 e. The SMILES string of the molecule is COc1cc(N2CCN(C(=O)Cn3nc(-c4ccc(F)c(C)c4)nc3C3CCC(C)CC3)CC2)ncn1. The topological polar surface area (TPSA) is 89.3 Å². The number of aromatic nitrogens is 5. The summed E-state index contributed by atoms with van der Waals surface area (Å²) in [6.45, 7) is 6.72. The predicted molar refractivity (Wildman–Crippen MR) is 138 cm³/mol. The quantitative estimate of drug-likeness (QED) is 0.501. The van der Waals surface area contributed by atoms with Crippen LogP contribution in [-0.4, -0.2) is 68.8 Å². The number of halogens is 1. The van der Waals surface area contributed by atoms with Crippen molar-refractivity contribution in [1.29, 1.82) is 0 Å². The van der Waals surface area contributed by atoms with Crippen LogP contribution in [0.5, 0.6) is 5.88 Å². The van der Waals surface area contributed by atoms with Gasteiger partial charge in [0.25, 0.3) is 0 Å². The molecule has 37 heavy (non-hydrogen) atoms. The van der Waals surface area contributed by atoms with Gasteiger partial charge < -0.3 is 14.5 Å². The Morgan fingerprint density at radius 1 is 1.08 bits per heavy atom. The lowest BCUT2D eigenvalue weighted by Crippen LogP contribution is -2.50. The molecule has 10 heteroatoms. The molecule has 0 atom stereocenters. The maximum absolute atomic E-state index is 13.9. The Morgan fingerprint density at radius 3 is 2.54 bits per heavy atom. The molecule has 1 saturated heterocycles. The summed E-state index contributed by atoms with van der Waals surface area (Å²) in [6.07, 6.45) is 5.86. The van der Waals surface area contributed by atoms with E-state index in [-0.39, 0.29) is 24.2 Å². The van der Waals surface area contributed by atoms with E-state index >= 15 is 0 Å². The maximum Gasteiger partial charge on any atom is 0.244 e. The van der Waals surface area contributed by atoms with Crippen molar-refractivity contribution in [3.63, 3.8) is 0 Å². The number of carbonyl (C=O) groups is 1. The van der Waals surface area contributed by atoms with Crippen LogP contribution in [0.4, 0.5) is 10.2 Å². The minimum atomic E-state index is -0.251. The Bertz CT molecular complexity index is 1250. The number of hydrogen-bond donors (Lipinski definition) is 0. The molecule has 2 aliphatic rings. The van der Waals surface area contributed by atoms with Crippen LogP contribution in [0.3, 0.4) is 0 Å². The highest BCUT2D eigenvalue weighted by Crippen LogP contribution is 2.35. The van der Waals surface area contributed by atoms with E-state index in [0.29, 0.717) is 49.4 Å². The normalized spacial score (nSPS) is 20.2. The zero-order valence-corrected chi connectivity index (χ0v) is 21.7. The number of rotatable bonds is 6. The van der Waals surface area contributed by atoms with Crippen LogP contribution in [0.25, 0.3) is 11.4 Å². The summed E-state index contributed by atoms with van der Waals surface area (Å²) in [5.74, 6) is 3.48. The van der Waals surface area contributed by atoms with E-state index in [4.69, 9.17) is 14.8 Å². The number of aryl methyl sites for hydroxylation is 1. The fourth-order valence-electron chi connectivity index (χ4n) is 5.22. The number of benzene rings is 1. The van der Waals surface area contributed by atoms with E-state index in [1.54, 1.807) is 30.8 Å². The van der Waals surface area contributed by atoms with Crippen molar-refractivity contribution in [3.8, 4) is 17.3 Å². The van der Waals surface area contributed by atoms with E-state index in [0.717, 1.165) is 42.9 Å². The molecule has 0 N–H and O–H groups in total. The summed E-state index contributed by atoms with van der Waals surface area (Å²) in [5.41, 5.74) is 1.32. The van der Waals surface area contributed by atoms with Crippen molar-refractivity contribution < 1.29 is 13.9 Å². The smallest absolute Gasteiger partial charge is 0.244 e. The molecule has 9 nitrogen and oxygen atoms in total.